The van der Waals surface area contributed by atoms with Crippen molar-refractivity contribution in [3.05, 3.63) is 29.6 Å². The van der Waals surface area contributed by atoms with Crippen LogP contribution in [0.2, 0.25) is 0 Å². The van der Waals surface area contributed by atoms with E-state index in [4.69, 9.17) is 5.73 Å². The molecule has 2 N–H and O–H groups in total. The maximum atomic E-state index is 13.5. The Morgan fingerprint density at radius 2 is 2.10 bits per heavy atom. The highest BCUT2D eigenvalue weighted by Gasteiger charge is 2.22. The Morgan fingerprint density at radius 3 is 2.85 bits per heavy atom. The summed E-state index contributed by atoms with van der Waals surface area (Å²) in [5, 5.41) is 12.6. The Hall–Kier alpha value is -1.47. The third-order valence-corrected chi connectivity index (χ3v) is 4.43. The smallest absolute Gasteiger partial charge is 0.214 e. The molecule has 1 saturated carbocycles. The molecule has 1 aromatic carbocycles. The van der Waals surface area contributed by atoms with Gasteiger partial charge in [0.2, 0.25) is 5.16 Å². The highest BCUT2D eigenvalue weighted by atomic mass is 32.2. The Balaban J connectivity index is 1.84. The lowest BCUT2D eigenvalue weighted by Gasteiger charge is -2.11. The van der Waals surface area contributed by atoms with E-state index in [0.29, 0.717) is 17.7 Å². The van der Waals surface area contributed by atoms with Crippen molar-refractivity contribution in [3.8, 4) is 0 Å². The molecule has 1 aliphatic carbocycles. The number of nitrogens with zero attached hydrogens (tertiary/aromatic N) is 4. The van der Waals surface area contributed by atoms with Crippen molar-refractivity contribution in [3.63, 3.8) is 0 Å². The van der Waals surface area contributed by atoms with E-state index < -0.39 is 0 Å². The summed E-state index contributed by atoms with van der Waals surface area (Å²) in [4.78, 5) is 0.777. The first-order chi connectivity index (χ1) is 9.76. The highest BCUT2D eigenvalue weighted by molar-refractivity contribution is 7.99. The van der Waals surface area contributed by atoms with Gasteiger partial charge in [-0.25, -0.2) is 9.07 Å². The lowest BCUT2D eigenvalue weighted by Crippen LogP contribution is -2.08. The molecule has 106 valence electrons. The summed E-state index contributed by atoms with van der Waals surface area (Å²) in [5.41, 5.74) is 6.34. The molecular formula is C13H16FN5S. The molecule has 1 fully saturated rings. The second-order valence-corrected chi connectivity index (χ2v) is 5.99. The zero-order valence-electron chi connectivity index (χ0n) is 11.0. The van der Waals surface area contributed by atoms with Crippen LogP contribution >= 0.6 is 11.8 Å². The fraction of sp³-hybridized carbons (Fsp3) is 0.462. The van der Waals surface area contributed by atoms with Crippen LogP contribution in [-0.2, 0) is 6.54 Å². The SMILES string of the molecule is NCc1cc(F)cc(Sc2nnnn2C2CCCC2)c1. The minimum absolute atomic E-state index is 0.282. The van der Waals surface area contributed by atoms with Crippen molar-refractivity contribution >= 4 is 11.8 Å². The van der Waals surface area contributed by atoms with Crippen LogP contribution in [0.4, 0.5) is 4.39 Å². The summed E-state index contributed by atoms with van der Waals surface area (Å²) in [6, 6.07) is 5.18. The maximum absolute atomic E-state index is 13.5. The number of nitrogens with two attached hydrogens (primary N) is 1. The summed E-state index contributed by atoms with van der Waals surface area (Å²) in [5.74, 6) is -0.282. The molecule has 1 aromatic heterocycles. The molecule has 0 unspecified atom stereocenters. The van der Waals surface area contributed by atoms with E-state index in [0.717, 1.165) is 23.3 Å². The number of hydrogen-bond donors (Lipinski definition) is 1. The lowest BCUT2D eigenvalue weighted by atomic mass is 10.2. The first-order valence-corrected chi connectivity index (χ1v) is 7.53. The fourth-order valence-corrected chi connectivity index (χ4v) is 3.48. The van der Waals surface area contributed by atoms with Crippen LogP contribution in [0.25, 0.3) is 0 Å². The molecule has 5 nitrogen and oxygen atoms in total. The molecule has 0 amide bonds. The summed E-state index contributed by atoms with van der Waals surface area (Å²) >= 11 is 1.38. The van der Waals surface area contributed by atoms with Gasteiger partial charge in [-0.05, 0) is 58.8 Å². The van der Waals surface area contributed by atoms with Crippen molar-refractivity contribution in [1.29, 1.82) is 0 Å². The van der Waals surface area contributed by atoms with Crippen molar-refractivity contribution < 1.29 is 4.39 Å². The zero-order chi connectivity index (χ0) is 13.9. The second kappa shape index (κ2) is 5.88. The highest BCUT2D eigenvalue weighted by Crippen LogP contribution is 2.34. The van der Waals surface area contributed by atoms with Crippen LogP contribution in [0.1, 0.15) is 37.3 Å². The molecule has 3 rings (SSSR count). The molecule has 0 atom stereocenters. The number of halogens is 1. The monoisotopic (exact) mass is 293 g/mol. The van der Waals surface area contributed by atoms with Gasteiger partial charge >= 0.3 is 0 Å². The van der Waals surface area contributed by atoms with Crippen LogP contribution in [0.5, 0.6) is 0 Å². The Bertz CT molecular complexity index is 594. The predicted molar refractivity (Wildman–Crippen MR) is 73.7 cm³/mol. The molecule has 2 aromatic rings. The summed E-state index contributed by atoms with van der Waals surface area (Å²) < 4.78 is 15.4. The van der Waals surface area contributed by atoms with Crippen molar-refractivity contribution in [2.75, 3.05) is 0 Å². The van der Waals surface area contributed by atoms with E-state index in [1.165, 1.54) is 36.7 Å². The topological polar surface area (TPSA) is 69.6 Å². The van der Waals surface area contributed by atoms with Crippen LogP contribution in [0.3, 0.4) is 0 Å². The van der Waals surface area contributed by atoms with Gasteiger partial charge in [-0.1, -0.05) is 12.8 Å². The molecule has 0 aliphatic heterocycles. The lowest BCUT2D eigenvalue weighted by molar-refractivity contribution is 0.423. The predicted octanol–water partition coefficient (Wildman–Crippen LogP) is 2.54. The summed E-state index contributed by atoms with van der Waals surface area (Å²) in [6.45, 7) is 0.318. The fourth-order valence-electron chi connectivity index (χ4n) is 2.53. The van der Waals surface area contributed by atoms with E-state index in [1.54, 1.807) is 0 Å². The summed E-state index contributed by atoms with van der Waals surface area (Å²) in [6.07, 6.45) is 4.64. The van der Waals surface area contributed by atoms with E-state index in [-0.39, 0.29) is 5.82 Å². The van der Waals surface area contributed by atoms with Crippen LogP contribution < -0.4 is 5.73 Å². The van der Waals surface area contributed by atoms with Crippen molar-refractivity contribution in [1.82, 2.24) is 20.2 Å². The molecule has 1 heterocycles. The summed E-state index contributed by atoms with van der Waals surface area (Å²) in [7, 11) is 0. The molecule has 1 aliphatic rings. The molecule has 0 spiro atoms. The number of benzene rings is 1. The van der Waals surface area contributed by atoms with Crippen molar-refractivity contribution in [2.45, 2.75) is 48.3 Å². The molecule has 0 saturated heterocycles. The first kappa shape index (κ1) is 13.5. The van der Waals surface area contributed by atoms with Gasteiger partial charge in [-0.2, -0.15) is 0 Å². The standard InChI is InChI=1S/C13H16FN5S/c14-10-5-9(8-15)6-12(7-10)20-13-16-17-18-19(13)11-3-1-2-4-11/h5-7,11H,1-4,8,15H2. The van der Waals surface area contributed by atoms with Gasteiger partial charge in [0, 0.05) is 11.4 Å². The molecule has 20 heavy (non-hydrogen) atoms. The molecule has 0 radical (unpaired) electrons. The van der Waals surface area contributed by atoms with E-state index in [2.05, 4.69) is 15.5 Å². The Labute approximate surface area is 120 Å². The zero-order valence-corrected chi connectivity index (χ0v) is 11.8. The van der Waals surface area contributed by atoms with E-state index >= 15 is 0 Å². The minimum atomic E-state index is -0.282. The normalized spacial score (nSPS) is 15.9. The van der Waals surface area contributed by atoms with Gasteiger partial charge in [0.1, 0.15) is 5.82 Å². The number of aromatic nitrogens is 4. The Morgan fingerprint density at radius 1 is 1.30 bits per heavy atom. The molecule has 7 heteroatoms. The van der Waals surface area contributed by atoms with Gasteiger partial charge in [0.05, 0.1) is 6.04 Å². The third kappa shape index (κ3) is 2.83. The minimum Gasteiger partial charge on any atom is -0.326 e. The second-order valence-electron chi connectivity index (χ2n) is 4.95. The van der Waals surface area contributed by atoms with Gasteiger partial charge in [-0.3, -0.25) is 0 Å². The average molecular weight is 293 g/mol. The van der Waals surface area contributed by atoms with Crippen LogP contribution in [-0.4, -0.2) is 20.2 Å². The Kier molecular flexibility index (Phi) is 3.98. The van der Waals surface area contributed by atoms with Gasteiger partial charge in [0.25, 0.3) is 0 Å². The number of rotatable bonds is 4. The van der Waals surface area contributed by atoms with E-state index in [9.17, 15) is 4.39 Å². The third-order valence-electron chi connectivity index (χ3n) is 3.51. The van der Waals surface area contributed by atoms with Gasteiger partial charge in [0.15, 0.2) is 0 Å². The first-order valence-electron chi connectivity index (χ1n) is 6.71. The maximum Gasteiger partial charge on any atom is 0.214 e. The van der Waals surface area contributed by atoms with Gasteiger partial charge in [-0.15, -0.1) is 5.10 Å². The largest absolute Gasteiger partial charge is 0.326 e. The number of tetrazole rings is 1. The van der Waals surface area contributed by atoms with Gasteiger partial charge < -0.3 is 5.73 Å². The van der Waals surface area contributed by atoms with Crippen molar-refractivity contribution in [2.24, 2.45) is 5.73 Å². The molecule has 0 bridgehead atoms. The van der Waals surface area contributed by atoms with Crippen LogP contribution in [0, 0.1) is 5.82 Å². The quantitative estimate of drug-likeness (QED) is 0.938. The molecular weight excluding hydrogens is 277 g/mol. The van der Waals surface area contributed by atoms with Crippen LogP contribution in [0.15, 0.2) is 28.3 Å². The average Bonchev–Trinajstić information content (AvgIpc) is 3.08. The van der Waals surface area contributed by atoms with E-state index in [1.807, 2.05) is 10.7 Å². The number of hydrogen-bond acceptors (Lipinski definition) is 5.